The van der Waals surface area contributed by atoms with Gasteiger partial charge in [0.1, 0.15) is 23.9 Å². The van der Waals surface area contributed by atoms with Crippen LogP contribution in [0.1, 0.15) is 5.56 Å². The Morgan fingerprint density at radius 2 is 1.69 bits per heavy atom. The number of aryl methyl sites for hydroxylation is 1. The van der Waals surface area contributed by atoms with Crippen LogP contribution in [0.2, 0.25) is 0 Å². The number of nitrogens with zero attached hydrogens (tertiary/aromatic N) is 1. The highest BCUT2D eigenvalue weighted by molar-refractivity contribution is 7.92. The van der Waals surface area contributed by atoms with Crippen LogP contribution < -0.4 is 19.1 Å². The van der Waals surface area contributed by atoms with Crippen LogP contribution in [0.5, 0.6) is 11.5 Å². The molecule has 3 aromatic carbocycles. The Morgan fingerprint density at radius 3 is 2.31 bits per heavy atom. The number of rotatable bonds is 8. The molecule has 168 valence electrons. The molecule has 0 aliphatic rings. The van der Waals surface area contributed by atoms with Gasteiger partial charge < -0.3 is 14.8 Å². The predicted molar refractivity (Wildman–Crippen MR) is 120 cm³/mol. The van der Waals surface area contributed by atoms with Gasteiger partial charge >= 0.3 is 0 Å². The molecule has 0 spiro atoms. The van der Waals surface area contributed by atoms with E-state index in [1.54, 1.807) is 12.1 Å². The van der Waals surface area contributed by atoms with Crippen molar-refractivity contribution in [2.24, 2.45) is 0 Å². The normalized spacial score (nSPS) is 11.0. The van der Waals surface area contributed by atoms with E-state index in [2.05, 4.69) is 5.32 Å². The third-order valence-electron chi connectivity index (χ3n) is 4.68. The predicted octanol–water partition coefficient (Wildman–Crippen LogP) is 3.99. The fraction of sp³-hybridized carbons (Fsp3) is 0.174. The molecule has 0 saturated heterocycles. The molecule has 0 fully saturated rings. The van der Waals surface area contributed by atoms with Gasteiger partial charge in [-0.1, -0.05) is 18.2 Å². The first-order valence-electron chi connectivity index (χ1n) is 9.62. The van der Waals surface area contributed by atoms with Crippen LogP contribution in [0, 0.1) is 12.7 Å². The van der Waals surface area contributed by atoms with Gasteiger partial charge in [0.25, 0.3) is 10.0 Å². The Morgan fingerprint density at radius 1 is 1.00 bits per heavy atom. The van der Waals surface area contributed by atoms with Gasteiger partial charge in [-0.15, -0.1) is 0 Å². The lowest BCUT2D eigenvalue weighted by Crippen LogP contribution is -2.38. The molecule has 3 aromatic rings. The summed E-state index contributed by atoms with van der Waals surface area (Å²) in [4.78, 5) is 12.7. The van der Waals surface area contributed by atoms with E-state index >= 15 is 0 Å². The molecule has 32 heavy (non-hydrogen) atoms. The van der Waals surface area contributed by atoms with Crippen molar-refractivity contribution in [2.45, 2.75) is 11.8 Å². The molecule has 1 amide bonds. The van der Waals surface area contributed by atoms with E-state index in [1.807, 2.05) is 13.0 Å². The average molecular weight is 459 g/mol. The van der Waals surface area contributed by atoms with Crippen LogP contribution in [0.25, 0.3) is 0 Å². The lowest BCUT2D eigenvalue weighted by atomic mass is 10.2. The number of hydrogen-bond acceptors (Lipinski definition) is 5. The van der Waals surface area contributed by atoms with Gasteiger partial charge in [-0.25, -0.2) is 12.8 Å². The second-order valence-electron chi connectivity index (χ2n) is 6.89. The second-order valence-corrected chi connectivity index (χ2v) is 8.75. The summed E-state index contributed by atoms with van der Waals surface area (Å²) in [7, 11) is -1.35. The molecule has 9 heteroatoms. The molecule has 0 unspecified atom stereocenters. The lowest BCUT2D eigenvalue weighted by molar-refractivity contribution is -0.114. The van der Waals surface area contributed by atoms with Crippen molar-refractivity contribution in [3.8, 4) is 11.5 Å². The van der Waals surface area contributed by atoms with Gasteiger partial charge in [0, 0.05) is 0 Å². The zero-order valence-electron chi connectivity index (χ0n) is 17.8. The SMILES string of the molecule is COc1ccc(S(=O)(=O)N(CC(=O)Nc2cc(C)ccc2OC)c2ccccc2F)cc1. The summed E-state index contributed by atoms with van der Waals surface area (Å²) in [6.45, 7) is 1.20. The lowest BCUT2D eigenvalue weighted by Gasteiger charge is -2.24. The fourth-order valence-corrected chi connectivity index (χ4v) is 4.50. The van der Waals surface area contributed by atoms with E-state index in [0.29, 0.717) is 17.2 Å². The number of methoxy groups -OCH3 is 2. The molecule has 0 aliphatic heterocycles. The van der Waals surface area contributed by atoms with E-state index in [1.165, 1.54) is 56.7 Å². The van der Waals surface area contributed by atoms with Crippen LogP contribution in [0.15, 0.2) is 71.6 Å². The summed E-state index contributed by atoms with van der Waals surface area (Å²) in [6.07, 6.45) is 0. The standard InChI is InChI=1S/C23H23FN2O5S/c1-16-8-13-22(31-3)20(14-16)25-23(27)15-26(21-7-5-4-6-19(21)24)32(28,29)18-11-9-17(30-2)10-12-18/h4-14H,15H2,1-3H3,(H,25,27). The highest BCUT2D eigenvalue weighted by Gasteiger charge is 2.29. The van der Waals surface area contributed by atoms with Crippen molar-refractivity contribution in [1.29, 1.82) is 0 Å². The van der Waals surface area contributed by atoms with Crippen molar-refractivity contribution in [2.75, 3.05) is 30.4 Å². The van der Waals surface area contributed by atoms with Gasteiger partial charge in [0.15, 0.2) is 0 Å². The van der Waals surface area contributed by atoms with Gasteiger partial charge in [0.2, 0.25) is 5.91 Å². The highest BCUT2D eigenvalue weighted by atomic mass is 32.2. The van der Waals surface area contributed by atoms with Crippen molar-refractivity contribution >= 4 is 27.3 Å². The fourth-order valence-electron chi connectivity index (χ4n) is 3.07. The second kappa shape index (κ2) is 9.69. The summed E-state index contributed by atoms with van der Waals surface area (Å²) in [6, 6.07) is 16.2. The number of para-hydroxylation sites is 1. The molecule has 3 rings (SSSR count). The Kier molecular flexibility index (Phi) is 6.99. The Hall–Kier alpha value is -3.59. The molecule has 0 heterocycles. The number of carbonyl (C=O) groups is 1. The quantitative estimate of drug-likeness (QED) is 0.552. The summed E-state index contributed by atoms with van der Waals surface area (Å²) < 4.78 is 52.4. The third kappa shape index (κ3) is 5.00. The molecule has 7 nitrogen and oxygen atoms in total. The third-order valence-corrected chi connectivity index (χ3v) is 6.46. The van der Waals surface area contributed by atoms with Crippen LogP contribution in [-0.4, -0.2) is 35.1 Å². The minimum absolute atomic E-state index is 0.109. The molecule has 0 aliphatic carbocycles. The molecule has 1 N–H and O–H groups in total. The van der Waals surface area contributed by atoms with E-state index in [-0.39, 0.29) is 10.6 Å². The Bertz CT molecular complexity index is 1210. The molecule has 0 aromatic heterocycles. The summed E-state index contributed by atoms with van der Waals surface area (Å²) in [5.41, 5.74) is 1.01. The van der Waals surface area contributed by atoms with E-state index < -0.39 is 28.3 Å². The number of benzene rings is 3. The minimum atomic E-state index is -4.27. The van der Waals surface area contributed by atoms with Crippen molar-refractivity contribution in [3.63, 3.8) is 0 Å². The van der Waals surface area contributed by atoms with Crippen LogP contribution in [0.4, 0.5) is 15.8 Å². The maximum absolute atomic E-state index is 14.6. The topological polar surface area (TPSA) is 84.9 Å². The Balaban J connectivity index is 1.98. The first-order chi connectivity index (χ1) is 15.3. The Labute approximate surface area is 186 Å². The van der Waals surface area contributed by atoms with Crippen molar-refractivity contribution in [3.05, 3.63) is 78.1 Å². The van der Waals surface area contributed by atoms with Crippen molar-refractivity contribution in [1.82, 2.24) is 0 Å². The van der Waals surface area contributed by atoms with E-state index in [4.69, 9.17) is 9.47 Å². The number of anilines is 2. The molecule has 0 atom stereocenters. The number of carbonyl (C=O) groups excluding carboxylic acids is 1. The van der Waals surface area contributed by atoms with Crippen LogP contribution >= 0.6 is 0 Å². The van der Waals surface area contributed by atoms with Gasteiger partial charge in [-0.2, -0.15) is 0 Å². The molecule has 0 bridgehead atoms. The highest BCUT2D eigenvalue weighted by Crippen LogP contribution is 2.29. The molecular formula is C23H23FN2O5S. The number of sulfonamides is 1. The minimum Gasteiger partial charge on any atom is -0.497 e. The zero-order valence-corrected chi connectivity index (χ0v) is 18.6. The smallest absolute Gasteiger partial charge is 0.264 e. The van der Waals surface area contributed by atoms with Gasteiger partial charge in [-0.3, -0.25) is 9.10 Å². The monoisotopic (exact) mass is 458 g/mol. The molecular weight excluding hydrogens is 435 g/mol. The summed E-state index contributed by atoms with van der Waals surface area (Å²) in [5.74, 6) is -0.551. The average Bonchev–Trinajstić information content (AvgIpc) is 2.78. The number of hydrogen-bond donors (Lipinski definition) is 1. The van der Waals surface area contributed by atoms with Crippen LogP contribution in [-0.2, 0) is 14.8 Å². The van der Waals surface area contributed by atoms with Crippen molar-refractivity contribution < 1.29 is 27.1 Å². The summed E-state index contributed by atoms with van der Waals surface area (Å²) >= 11 is 0. The number of halogens is 1. The van der Waals surface area contributed by atoms with Gasteiger partial charge in [-0.05, 0) is 61.0 Å². The van der Waals surface area contributed by atoms with E-state index in [0.717, 1.165) is 15.9 Å². The number of ether oxygens (including phenoxy) is 2. The zero-order chi connectivity index (χ0) is 23.3. The maximum atomic E-state index is 14.6. The maximum Gasteiger partial charge on any atom is 0.264 e. The van der Waals surface area contributed by atoms with Gasteiger partial charge in [0.05, 0.1) is 30.5 Å². The largest absolute Gasteiger partial charge is 0.497 e. The number of amides is 1. The van der Waals surface area contributed by atoms with E-state index in [9.17, 15) is 17.6 Å². The first-order valence-corrected chi connectivity index (χ1v) is 11.1. The first kappa shape index (κ1) is 23.1. The molecule has 0 saturated carbocycles. The number of nitrogens with one attached hydrogen (secondary N) is 1. The summed E-state index contributed by atoms with van der Waals surface area (Å²) in [5, 5.41) is 2.65. The van der Waals surface area contributed by atoms with Crippen LogP contribution in [0.3, 0.4) is 0 Å². The molecule has 0 radical (unpaired) electrons.